The molecule has 0 atom stereocenters. The van der Waals surface area contributed by atoms with E-state index in [0.29, 0.717) is 26.4 Å². The molecule has 0 aliphatic rings. The number of hydrogen-bond donors (Lipinski definition) is 0. The first kappa shape index (κ1) is 26.9. The first-order valence-electron chi connectivity index (χ1n) is 13.1. The second-order valence-electron chi connectivity index (χ2n) is 8.58. The van der Waals surface area contributed by atoms with E-state index < -0.39 is 18.4 Å². The van der Waals surface area contributed by atoms with E-state index in [4.69, 9.17) is 18.9 Å². The third-order valence-corrected chi connectivity index (χ3v) is 20.1. The molecular formula is C32H36O4Sn. The molecule has 0 unspecified atom stereocenters. The number of ether oxygens (including phenoxy) is 4. The number of hydrogen-bond acceptors (Lipinski definition) is 4. The maximum atomic E-state index is 5.79. The quantitative estimate of drug-likeness (QED) is 0.221. The van der Waals surface area contributed by atoms with Crippen molar-refractivity contribution in [2.45, 2.75) is 27.7 Å². The van der Waals surface area contributed by atoms with Gasteiger partial charge in [-0.1, -0.05) is 0 Å². The SMILES string of the molecule is CCOc1cc[c]([Sn]([c]2ccc(OCC)cc2)([c]2ccc(OCC)cc2)[c]2ccc(OCC)cc2)cc1. The van der Waals surface area contributed by atoms with Gasteiger partial charge < -0.3 is 0 Å². The van der Waals surface area contributed by atoms with Crippen molar-refractivity contribution in [3.63, 3.8) is 0 Å². The van der Waals surface area contributed by atoms with Crippen molar-refractivity contribution in [1.82, 2.24) is 0 Å². The monoisotopic (exact) mass is 604 g/mol. The summed E-state index contributed by atoms with van der Waals surface area (Å²) in [6, 6.07) is 34.8. The minimum atomic E-state index is -3.79. The summed E-state index contributed by atoms with van der Waals surface area (Å²) in [5, 5.41) is 0. The van der Waals surface area contributed by atoms with Crippen LogP contribution in [0.1, 0.15) is 27.7 Å². The second kappa shape index (κ2) is 12.9. The van der Waals surface area contributed by atoms with Crippen LogP contribution in [0.3, 0.4) is 0 Å². The van der Waals surface area contributed by atoms with Crippen LogP contribution in [-0.4, -0.2) is 44.8 Å². The third kappa shape index (κ3) is 5.90. The molecule has 4 nitrogen and oxygen atoms in total. The Kier molecular flexibility index (Phi) is 9.39. The standard InChI is InChI=1S/4C8H9O.Sn/c4*1-2-9-8-6-4-3-5-7-8;/h4*4-7H,2H2,1H3;. The van der Waals surface area contributed by atoms with E-state index in [-0.39, 0.29) is 0 Å². The van der Waals surface area contributed by atoms with Crippen molar-refractivity contribution < 1.29 is 18.9 Å². The van der Waals surface area contributed by atoms with Crippen LogP contribution in [0, 0.1) is 0 Å². The molecule has 0 aliphatic heterocycles. The molecule has 37 heavy (non-hydrogen) atoms. The molecule has 0 fully saturated rings. The van der Waals surface area contributed by atoms with Crippen LogP contribution in [0.15, 0.2) is 97.1 Å². The molecule has 4 aromatic carbocycles. The van der Waals surface area contributed by atoms with Gasteiger partial charge in [-0.25, -0.2) is 0 Å². The summed E-state index contributed by atoms with van der Waals surface area (Å²) >= 11 is -3.79. The molecule has 0 aromatic heterocycles. The van der Waals surface area contributed by atoms with Crippen LogP contribution in [-0.2, 0) is 0 Å². The average Bonchev–Trinajstić information content (AvgIpc) is 2.93. The van der Waals surface area contributed by atoms with Crippen molar-refractivity contribution in [2.24, 2.45) is 0 Å². The first-order valence-corrected chi connectivity index (χ1v) is 18.8. The molecule has 0 amide bonds. The maximum absolute atomic E-state index is 5.79. The Balaban J connectivity index is 1.98. The summed E-state index contributed by atoms with van der Waals surface area (Å²) in [4.78, 5) is 0. The van der Waals surface area contributed by atoms with Crippen molar-refractivity contribution in [1.29, 1.82) is 0 Å². The fourth-order valence-corrected chi connectivity index (χ4v) is 18.2. The van der Waals surface area contributed by atoms with Gasteiger partial charge in [0.25, 0.3) is 0 Å². The van der Waals surface area contributed by atoms with Crippen LogP contribution < -0.4 is 33.3 Å². The minimum absolute atomic E-state index is 0.643. The van der Waals surface area contributed by atoms with Crippen molar-refractivity contribution in [2.75, 3.05) is 26.4 Å². The van der Waals surface area contributed by atoms with Gasteiger partial charge in [-0.3, -0.25) is 0 Å². The molecule has 0 aliphatic carbocycles. The summed E-state index contributed by atoms with van der Waals surface area (Å²) < 4.78 is 28.5. The first-order chi connectivity index (χ1) is 18.1. The summed E-state index contributed by atoms with van der Waals surface area (Å²) in [5.74, 6) is 3.54. The van der Waals surface area contributed by atoms with E-state index in [9.17, 15) is 0 Å². The molecule has 0 heterocycles. The van der Waals surface area contributed by atoms with Gasteiger partial charge in [-0.15, -0.1) is 0 Å². The van der Waals surface area contributed by atoms with Gasteiger partial charge in [-0.2, -0.15) is 0 Å². The molecule has 0 spiro atoms. The zero-order valence-electron chi connectivity index (χ0n) is 22.2. The van der Waals surface area contributed by atoms with Crippen LogP contribution in [0.4, 0.5) is 0 Å². The summed E-state index contributed by atoms with van der Waals surface area (Å²) in [6.07, 6.45) is 0. The Morgan fingerprint density at radius 1 is 0.351 bits per heavy atom. The van der Waals surface area contributed by atoms with E-state index in [1.807, 2.05) is 27.7 Å². The Morgan fingerprint density at radius 2 is 0.541 bits per heavy atom. The molecule has 0 radical (unpaired) electrons. The van der Waals surface area contributed by atoms with Crippen LogP contribution in [0.5, 0.6) is 23.0 Å². The van der Waals surface area contributed by atoms with Gasteiger partial charge in [-0.05, 0) is 0 Å². The fourth-order valence-electron chi connectivity index (χ4n) is 4.87. The zero-order chi connectivity index (χ0) is 26.1. The Hall–Kier alpha value is -3.12. The molecule has 0 saturated heterocycles. The van der Waals surface area contributed by atoms with Gasteiger partial charge in [0.1, 0.15) is 0 Å². The van der Waals surface area contributed by atoms with E-state index in [1.165, 1.54) is 14.3 Å². The number of benzene rings is 4. The van der Waals surface area contributed by atoms with Gasteiger partial charge in [0.05, 0.1) is 0 Å². The van der Waals surface area contributed by atoms with Gasteiger partial charge in [0.15, 0.2) is 0 Å². The predicted molar refractivity (Wildman–Crippen MR) is 155 cm³/mol. The molecule has 0 bridgehead atoms. The normalized spacial score (nSPS) is 11.1. The Bertz CT molecular complexity index is 1030. The van der Waals surface area contributed by atoms with E-state index >= 15 is 0 Å². The van der Waals surface area contributed by atoms with Gasteiger partial charge >= 0.3 is 226 Å². The predicted octanol–water partition coefficient (Wildman–Crippen LogP) is 4.66. The van der Waals surface area contributed by atoms with Crippen LogP contribution in [0.25, 0.3) is 0 Å². The van der Waals surface area contributed by atoms with Gasteiger partial charge in [0, 0.05) is 0 Å². The summed E-state index contributed by atoms with van der Waals surface area (Å²) in [5.41, 5.74) is 0. The summed E-state index contributed by atoms with van der Waals surface area (Å²) in [7, 11) is 0. The van der Waals surface area contributed by atoms with Crippen LogP contribution in [0.2, 0.25) is 0 Å². The van der Waals surface area contributed by atoms with Crippen LogP contribution >= 0.6 is 0 Å². The molecule has 4 aromatic rings. The molecule has 4 rings (SSSR count). The van der Waals surface area contributed by atoms with Crippen molar-refractivity contribution in [3.05, 3.63) is 97.1 Å². The fraction of sp³-hybridized carbons (Fsp3) is 0.250. The molecular weight excluding hydrogens is 567 g/mol. The summed E-state index contributed by atoms with van der Waals surface area (Å²) in [6.45, 7) is 10.6. The molecule has 5 heteroatoms. The average molecular weight is 603 g/mol. The Labute approximate surface area is 225 Å². The molecule has 192 valence electrons. The molecule has 0 N–H and O–H groups in total. The third-order valence-electron chi connectivity index (χ3n) is 6.39. The van der Waals surface area contributed by atoms with Gasteiger partial charge in [0.2, 0.25) is 0 Å². The van der Waals surface area contributed by atoms with E-state index in [1.54, 1.807) is 0 Å². The molecule has 0 saturated carbocycles. The zero-order valence-corrected chi connectivity index (χ0v) is 25.1. The topological polar surface area (TPSA) is 36.9 Å². The van der Waals surface area contributed by atoms with E-state index in [0.717, 1.165) is 23.0 Å². The number of rotatable bonds is 12. The van der Waals surface area contributed by atoms with Crippen molar-refractivity contribution in [3.8, 4) is 23.0 Å². The Morgan fingerprint density at radius 3 is 0.703 bits per heavy atom. The van der Waals surface area contributed by atoms with E-state index in [2.05, 4.69) is 97.1 Å². The van der Waals surface area contributed by atoms with Crippen molar-refractivity contribution >= 4 is 32.7 Å². The second-order valence-corrected chi connectivity index (χ2v) is 19.5.